The van der Waals surface area contributed by atoms with Crippen LogP contribution in [-0.4, -0.2) is 5.91 Å². The molecule has 0 bridgehead atoms. The molecule has 2 aromatic carbocycles. The van der Waals surface area contributed by atoms with E-state index in [0.717, 1.165) is 12.0 Å². The molecule has 21 heavy (non-hydrogen) atoms. The summed E-state index contributed by atoms with van der Waals surface area (Å²) < 4.78 is 12.9. The second kappa shape index (κ2) is 5.66. The Kier molecular flexibility index (Phi) is 3.87. The van der Waals surface area contributed by atoms with Crippen molar-refractivity contribution in [2.24, 2.45) is 5.92 Å². The molecule has 0 aromatic heterocycles. The van der Waals surface area contributed by atoms with E-state index in [-0.39, 0.29) is 23.6 Å². The zero-order valence-electron chi connectivity index (χ0n) is 10.9. The van der Waals surface area contributed by atoms with Crippen LogP contribution in [0.15, 0.2) is 42.5 Å². The first-order valence-electron chi connectivity index (χ1n) is 6.56. The van der Waals surface area contributed by atoms with Crippen molar-refractivity contribution in [3.63, 3.8) is 0 Å². The third-order valence-corrected chi connectivity index (χ3v) is 4.18. The summed E-state index contributed by atoms with van der Waals surface area (Å²) >= 11 is 11.9. The van der Waals surface area contributed by atoms with Gasteiger partial charge in [0.2, 0.25) is 5.91 Å². The Morgan fingerprint density at radius 1 is 1.14 bits per heavy atom. The van der Waals surface area contributed by atoms with E-state index in [1.807, 2.05) is 0 Å². The average Bonchev–Trinajstić information content (AvgIpc) is 3.24. The van der Waals surface area contributed by atoms with Gasteiger partial charge in [0.25, 0.3) is 0 Å². The Morgan fingerprint density at radius 3 is 2.57 bits per heavy atom. The average molecular weight is 324 g/mol. The van der Waals surface area contributed by atoms with Crippen molar-refractivity contribution in [3.8, 4) is 0 Å². The van der Waals surface area contributed by atoms with E-state index in [0.29, 0.717) is 15.7 Å². The smallest absolute Gasteiger partial charge is 0.228 e. The molecule has 3 rings (SSSR count). The highest BCUT2D eigenvalue weighted by Crippen LogP contribution is 2.48. The molecular formula is C16H12Cl2FNO. The van der Waals surface area contributed by atoms with Crippen LogP contribution in [0.25, 0.3) is 0 Å². The molecule has 0 aliphatic heterocycles. The number of halogens is 3. The Bertz CT molecular complexity index is 687. The fraction of sp³-hybridized carbons (Fsp3) is 0.188. The fourth-order valence-corrected chi connectivity index (χ4v) is 2.72. The van der Waals surface area contributed by atoms with Gasteiger partial charge >= 0.3 is 0 Å². The largest absolute Gasteiger partial charge is 0.324 e. The van der Waals surface area contributed by atoms with Gasteiger partial charge in [-0.05, 0) is 48.2 Å². The van der Waals surface area contributed by atoms with Gasteiger partial charge in [0.15, 0.2) is 0 Å². The molecule has 5 heteroatoms. The molecule has 1 aliphatic rings. The molecule has 1 N–H and O–H groups in total. The molecule has 1 saturated carbocycles. The molecule has 2 unspecified atom stereocenters. The third kappa shape index (κ3) is 3.20. The maximum atomic E-state index is 12.9. The number of carbonyl (C=O) groups excluding carboxylic acids is 1. The van der Waals surface area contributed by atoms with E-state index in [4.69, 9.17) is 23.2 Å². The highest BCUT2D eigenvalue weighted by atomic mass is 35.5. The number of benzene rings is 2. The van der Waals surface area contributed by atoms with Gasteiger partial charge in [0.1, 0.15) is 5.82 Å². The molecular weight excluding hydrogens is 312 g/mol. The molecule has 0 heterocycles. The normalized spacial score (nSPS) is 20.1. The number of amides is 1. The van der Waals surface area contributed by atoms with Crippen LogP contribution >= 0.6 is 23.2 Å². The second-order valence-electron chi connectivity index (χ2n) is 5.11. The first-order valence-corrected chi connectivity index (χ1v) is 7.31. The minimum absolute atomic E-state index is 0.0894. The van der Waals surface area contributed by atoms with Crippen molar-refractivity contribution in [3.05, 3.63) is 63.9 Å². The maximum absolute atomic E-state index is 12.9. The number of nitrogens with one attached hydrogen (secondary N) is 1. The minimum atomic E-state index is -0.272. The van der Waals surface area contributed by atoms with Gasteiger partial charge in [0.05, 0.1) is 10.7 Å². The first kappa shape index (κ1) is 14.4. The molecule has 1 fully saturated rings. The molecule has 2 aromatic rings. The lowest BCUT2D eigenvalue weighted by Gasteiger charge is -2.07. The highest BCUT2D eigenvalue weighted by Gasteiger charge is 2.44. The molecule has 1 aliphatic carbocycles. The quantitative estimate of drug-likeness (QED) is 0.857. The van der Waals surface area contributed by atoms with E-state index in [9.17, 15) is 9.18 Å². The number of hydrogen-bond donors (Lipinski definition) is 1. The van der Waals surface area contributed by atoms with Crippen LogP contribution in [0.3, 0.4) is 0 Å². The van der Waals surface area contributed by atoms with Crippen LogP contribution in [0.4, 0.5) is 10.1 Å². The van der Waals surface area contributed by atoms with E-state index < -0.39 is 0 Å². The Labute approximate surface area is 131 Å². The lowest BCUT2D eigenvalue weighted by atomic mass is 10.1. The first-order chi connectivity index (χ1) is 10.0. The summed E-state index contributed by atoms with van der Waals surface area (Å²) in [6, 6.07) is 11.2. The molecule has 0 spiro atoms. The van der Waals surface area contributed by atoms with Gasteiger partial charge in [-0.2, -0.15) is 0 Å². The van der Waals surface area contributed by atoms with Gasteiger partial charge in [-0.1, -0.05) is 35.3 Å². The van der Waals surface area contributed by atoms with Crippen molar-refractivity contribution >= 4 is 34.8 Å². The summed E-state index contributed by atoms with van der Waals surface area (Å²) in [6.07, 6.45) is 0.760. The van der Waals surface area contributed by atoms with E-state index in [1.165, 1.54) is 12.1 Å². The van der Waals surface area contributed by atoms with Gasteiger partial charge < -0.3 is 5.32 Å². The van der Waals surface area contributed by atoms with Crippen LogP contribution < -0.4 is 5.32 Å². The number of carbonyl (C=O) groups is 1. The Hall–Kier alpha value is -1.58. The summed E-state index contributed by atoms with van der Waals surface area (Å²) in [5.41, 5.74) is 1.49. The molecule has 0 saturated heterocycles. The van der Waals surface area contributed by atoms with Crippen molar-refractivity contribution in [2.75, 3.05) is 5.32 Å². The van der Waals surface area contributed by atoms with Crippen molar-refractivity contribution in [1.29, 1.82) is 0 Å². The predicted molar refractivity (Wildman–Crippen MR) is 82.3 cm³/mol. The van der Waals surface area contributed by atoms with Gasteiger partial charge in [0, 0.05) is 10.9 Å². The number of rotatable bonds is 3. The third-order valence-electron chi connectivity index (χ3n) is 3.61. The SMILES string of the molecule is O=C(Nc1cc(Cl)ccc1Cl)C1CC1c1ccc(F)cc1. The lowest BCUT2D eigenvalue weighted by molar-refractivity contribution is -0.117. The van der Waals surface area contributed by atoms with Crippen LogP contribution in [0, 0.1) is 11.7 Å². The molecule has 2 atom stereocenters. The van der Waals surface area contributed by atoms with Gasteiger partial charge in [-0.25, -0.2) is 4.39 Å². The van der Waals surface area contributed by atoms with Crippen LogP contribution in [-0.2, 0) is 4.79 Å². The molecule has 108 valence electrons. The summed E-state index contributed by atoms with van der Waals surface area (Å²) in [5.74, 6) is -0.325. The number of hydrogen-bond acceptors (Lipinski definition) is 1. The van der Waals surface area contributed by atoms with Crippen molar-refractivity contribution in [2.45, 2.75) is 12.3 Å². The topological polar surface area (TPSA) is 29.1 Å². The van der Waals surface area contributed by atoms with E-state index in [1.54, 1.807) is 30.3 Å². The second-order valence-corrected chi connectivity index (χ2v) is 5.96. The lowest BCUT2D eigenvalue weighted by Crippen LogP contribution is -2.14. The zero-order chi connectivity index (χ0) is 15.0. The highest BCUT2D eigenvalue weighted by molar-refractivity contribution is 6.35. The summed E-state index contributed by atoms with van der Waals surface area (Å²) in [7, 11) is 0. The maximum Gasteiger partial charge on any atom is 0.228 e. The molecule has 1 amide bonds. The standard InChI is InChI=1S/C16H12Cl2FNO/c17-10-3-6-14(18)15(7-10)20-16(21)13-8-12(13)9-1-4-11(19)5-2-9/h1-7,12-13H,8H2,(H,20,21). The van der Waals surface area contributed by atoms with Crippen molar-refractivity contribution < 1.29 is 9.18 Å². The molecule has 2 nitrogen and oxygen atoms in total. The van der Waals surface area contributed by atoms with E-state index in [2.05, 4.69) is 5.32 Å². The van der Waals surface area contributed by atoms with Crippen LogP contribution in [0.5, 0.6) is 0 Å². The van der Waals surface area contributed by atoms with Crippen molar-refractivity contribution in [1.82, 2.24) is 0 Å². The number of anilines is 1. The fourth-order valence-electron chi connectivity index (χ4n) is 2.38. The minimum Gasteiger partial charge on any atom is -0.324 e. The van der Waals surface area contributed by atoms with E-state index >= 15 is 0 Å². The van der Waals surface area contributed by atoms with Crippen LogP contribution in [0.2, 0.25) is 10.0 Å². The summed E-state index contributed by atoms with van der Waals surface area (Å²) in [4.78, 5) is 12.2. The molecule has 0 radical (unpaired) electrons. The Morgan fingerprint density at radius 2 is 1.86 bits per heavy atom. The zero-order valence-corrected chi connectivity index (χ0v) is 12.5. The Balaban J connectivity index is 1.68. The summed E-state index contributed by atoms with van der Waals surface area (Å²) in [5, 5.41) is 3.76. The summed E-state index contributed by atoms with van der Waals surface area (Å²) in [6.45, 7) is 0. The van der Waals surface area contributed by atoms with Gasteiger partial charge in [-0.3, -0.25) is 4.79 Å². The monoisotopic (exact) mass is 323 g/mol. The van der Waals surface area contributed by atoms with Crippen LogP contribution in [0.1, 0.15) is 17.9 Å². The van der Waals surface area contributed by atoms with Gasteiger partial charge in [-0.15, -0.1) is 0 Å². The predicted octanol–water partition coefficient (Wildman–Crippen LogP) is 4.87.